The van der Waals surface area contributed by atoms with E-state index in [0.717, 1.165) is 24.1 Å². The molecule has 1 aromatic carbocycles. The summed E-state index contributed by atoms with van der Waals surface area (Å²) in [4.78, 5) is 22.5. The Kier molecular flexibility index (Phi) is 4.55. The standard InChI is InChI=1S/C24H27N3O4/c1-15(2)31-21-16(9-18(28)17-7-5-6-8-19(17)29-4)10-27-11-20(25-22(27)26-21)24-12-23(3,13-24)30-14-24/h5-8,10-11,15H,9,12-14H2,1-4H3. The first-order valence-corrected chi connectivity index (χ1v) is 10.7. The molecule has 0 unspecified atom stereocenters. The highest BCUT2D eigenvalue weighted by atomic mass is 16.5. The van der Waals surface area contributed by atoms with Crippen LogP contribution in [-0.4, -0.2) is 45.6 Å². The van der Waals surface area contributed by atoms with E-state index >= 15 is 0 Å². The van der Waals surface area contributed by atoms with Crippen molar-refractivity contribution in [3.63, 3.8) is 0 Å². The molecule has 3 aromatic rings. The van der Waals surface area contributed by atoms with Crippen LogP contribution in [0.2, 0.25) is 0 Å². The minimum atomic E-state index is -0.0707. The van der Waals surface area contributed by atoms with Crippen molar-refractivity contribution in [2.45, 2.75) is 57.2 Å². The SMILES string of the molecule is COc1ccccc1C(=O)Cc1cn2cc(C34COC(C)(C3)C4)nc2nc1OC(C)C. The topological polar surface area (TPSA) is 75.0 Å². The van der Waals surface area contributed by atoms with Crippen LogP contribution < -0.4 is 9.47 Å². The lowest BCUT2D eigenvalue weighted by atomic mass is 9.62. The average molecular weight is 421 g/mol. The molecule has 162 valence electrons. The van der Waals surface area contributed by atoms with Crippen LogP contribution >= 0.6 is 0 Å². The van der Waals surface area contributed by atoms with E-state index in [4.69, 9.17) is 19.2 Å². The Labute approximate surface area is 181 Å². The molecule has 31 heavy (non-hydrogen) atoms. The lowest BCUT2D eigenvalue weighted by Crippen LogP contribution is -2.45. The van der Waals surface area contributed by atoms with Crippen molar-refractivity contribution >= 4 is 11.6 Å². The van der Waals surface area contributed by atoms with Crippen LogP contribution in [0.4, 0.5) is 0 Å². The normalized spacial score (nSPS) is 24.4. The minimum absolute atomic E-state index is 0.0124. The van der Waals surface area contributed by atoms with Crippen molar-refractivity contribution in [1.29, 1.82) is 0 Å². The summed E-state index contributed by atoms with van der Waals surface area (Å²) in [5.41, 5.74) is 2.23. The third-order valence-electron chi connectivity index (χ3n) is 6.25. The average Bonchev–Trinajstić information content (AvgIpc) is 3.38. The van der Waals surface area contributed by atoms with Gasteiger partial charge in [-0.25, -0.2) is 4.98 Å². The molecule has 0 N–H and O–H groups in total. The van der Waals surface area contributed by atoms with Gasteiger partial charge in [-0.1, -0.05) is 12.1 Å². The predicted molar refractivity (Wildman–Crippen MR) is 115 cm³/mol. The van der Waals surface area contributed by atoms with Gasteiger partial charge in [0.1, 0.15) is 5.75 Å². The number of nitrogens with zero attached hydrogens (tertiary/aromatic N) is 3. The van der Waals surface area contributed by atoms with Gasteiger partial charge in [0.05, 0.1) is 36.7 Å². The molecule has 3 aliphatic rings. The van der Waals surface area contributed by atoms with Crippen LogP contribution in [0.15, 0.2) is 36.7 Å². The van der Waals surface area contributed by atoms with E-state index in [1.165, 1.54) is 0 Å². The maximum atomic E-state index is 13.1. The number of rotatable bonds is 7. The molecule has 1 saturated carbocycles. The fraction of sp³-hybridized carbons (Fsp3) is 0.458. The fourth-order valence-corrected chi connectivity index (χ4v) is 4.94. The summed E-state index contributed by atoms with van der Waals surface area (Å²) in [6.07, 6.45) is 5.99. The number of hydrogen-bond acceptors (Lipinski definition) is 6. The number of hydrogen-bond donors (Lipinski definition) is 0. The van der Waals surface area contributed by atoms with Gasteiger partial charge in [-0.05, 0) is 45.7 Å². The van der Waals surface area contributed by atoms with Gasteiger partial charge in [-0.2, -0.15) is 4.98 Å². The predicted octanol–water partition coefficient (Wildman–Crippen LogP) is 3.77. The fourth-order valence-electron chi connectivity index (χ4n) is 4.94. The van der Waals surface area contributed by atoms with Gasteiger partial charge in [0, 0.05) is 29.8 Å². The zero-order valence-corrected chi connectivity index (χ0v) is 18.3. The Morgan fingerprint density at radius 3 is 2.68 bits per heavy atom. The van der Waals surface area contributed by atoms with Crippen molar-refractivity contribution in [2.24, 2.45) is 0 Å². The van der Waals surface area contributed by atoms with Gasteiger partial charge in [0.25, 0.3) is 0 Å². The first-order chi connectivity index (χ1) is 14.8. The molecule has 3 fully saturated rings. The van der Waals surface area contributed by atoms with E-state index in [-0.39, 0.29) is 29.3 Å². The molecule has 0 amide bonds. The highest BCUT2D eigenvalue weighted by molar-refractivity contribution is 6.00. The summed E-state index contributed by atoms with van der Waals surface area (Å²) in [7, 11) is 1.57. The van der Waals surface area contributed by atoms with Crippen LogP contribution in [0.3, 0.4) is 0 Å². The van der Waals surface area contributed by atoms with Crippen molar-refractivity contribution in [2.75, 3.05) is 13.7 Å². The smallest absolute Gasteiger partial charge is 0.237 e. The van der Waals surface area contributed by atoms with E-state index in [0.29, 0.717) is 29.6 Å². The maximum Gasteiger partial charge on any atom is 0.237 e. The highest BCUT2D eigenvalue weighted by Gasteiger charge is 2.61. The number of carbonyl (C=O) groups excluding carboxylic acids is 1. The molecule has 2 bridgehead atoms. The zero-order chi connectivity index (χ0) is 21.8. The molecule has 4 heterocycles. The summed E-state index contributed by atoms with van der Waals surface area (Å²) in [6, 6.07) is 7.25. The number of methoxy groups -OCH3 is 1. The first kappa shape index (κ1) is 20.0. The zero-order valence-electron chi connectivity index (χ0n) is 18.3. The van der Waals surface area contributed by atoms with Crippen LogP contribution in [0.1, 0.15) is 55.2 Å². The second kappa shape index (κ2) is 7.05. The second-order valence-corrected chi connectivity index (χ2v) is 9.24. The Hall–Kier alpha value is -2.93. The van der Waals surface area contributed by atoms with Gasteiger partial charge >= 0.3 is 0 Å². The van der Waals surface area contributed by atoms with E-state index in [2.05, 4.69) is 11.9 Å². The second-order valence-electron chi connectivity index (χ2n) is 9.24. The number of imidazole rings is 1. The third kappa shape index (κ3) is 3.37. The van der Waals surface area contributed by atoms with Crippen LogP contribution in [0, 0.1) is 0 Å². The van der Waals surface area contributed by atoms with Crippen LogP contribution in [-0.2, 0) is 16.6 Å². The molecule has 0 radical (unpaired) electrons. The van der Waals surface area contributed by atoms with Crippen molar-refractivity contribution in [3.05, 3.63) is 53.5 Å². The molecule has 2 aliphatic heterocycles. The number of carbonyl (C=O) groups is 1. The molecular formula is C24H27N3O4. The summed E-state index contributed by atoms with van der Waals surface area (Å²) in [6.45, 7) is 6.74. The summed E-state index contributed by atoms with van der Waals surface area (Å²) < 4.78 is 19.2. The van der Waals surface area contributed by atoms with Gasteiger partial charge in [0.15, 0.2) is 5.78 Å². The summed E-state index contributed by atoms with van der Waals surface area (Å²) in [5, 5.41) is 0. The molecule has 0 spiro atoms. The summed E-state index contributed by atoms with van der Waals surface area (Å²) >= 11 is 0. The van der Waals surface area contributed by atoms with E-state index in [1.807, 2.05) is 42.8 Å². The Balaban J connectivity index is 1.51. The Morgan fingerprint density at radius 2 is 2.00 bits per heavy atom. The molecule has 1 aliphatic carbocycles. The molecular weight excluding hydrogens is 394 g/mol. The Morgan fingerprint density at radius 1 is 1.23 bits per heavy atom. The van der Waals surface area contributed by atoms with E-state index < -0.39 is 0 Å². The highest BCUT2D eigenvalue weighted by Crippen LogP contribution is 2.58. The summed E-state index contributed by atoms with van der Waals surface area (Å²) in [5.74, 6) is 1.53. The molecule has 7 heteroatoms. The molecule has 2 saturated heterocycles. The number of fused-ring (bicyclic) bond motifs is 2. The van der Waals surface area contributed by atoms with Gasteiger partial charge in [-0.15, -0.1) is 0 Å². The molecule has 7 nitrogen and oxygen atoms in total. The van der Waals surface area contributed by atoms with Gasteiger partial charge in [0.2, 0.25) is 11.7 Å². The van der Waals surface area contributed by atoms with Crippen molar-refractivity contribution in [3.8, 4) is 11.6 Å². The van der Waals surface area contributed by atoms with Gasteiger partial charge < -0.3 is 14.2 Å². The number of ether oxygens (including phenoxy) is 3. The van der Waals surface area contributed by atoms with Gasteiger partial charge in [-0.3, -0.25) is 9.20 Å². The number of para-hydroxylation sites is 1. The monoisotopic (exact) mass is 421 g/mol. The number of Topliss-reactive ketones (excluding diaryl/α,β-unsaturated/α-hetero) is 1. The van der Waals surface area contributed by atoms with Crippen molar-refractivity contribution < 1.29 is 19.0 Å². The lowest BCUT2D eigenvalue weighted by molar-refractivity contribution is 0.0154. The third-order valence-corrected chi connectivity index (χ3v) is 6.25. The van der Waals surface area contributed by atoms with Crippen LogP contribution in [0.25, 0.3) is 5.78 Å². The first-order valence-electron chi connectivity index (χ1n) is 10.7. The van der Waals surface area contributed by atoms with Crippen LogP contribution in [0.5, 0.6) is 11.6 Å². The molecule has 6 rings (SSSR count). The quantitative estimate of drug-likeness (QED) is 0.541. The van der Waals surface area contributed by atoms with Crippen molar-refractivity contribution in [1.82, 2.24) is 14.4 Å². The van der Waals surface area contributed by atoms with E-state index in [1.54, 1.807) is 19.2 Å². The number of ketones is 1. The van der Waals surface area contributed by atoms with E-state index in [9.17, 15) is 4.79 Å². The number of aromatic nitrogens is 3. The lowest BCUT2D eigenvalue weighted by Gasteiger charge is -2.41. The number of benzene rings is 1. The molecule has 2 aromatic heterocycles. The maximum absolute atomic E-state index is 13.1. The molecule has 0 atom stereocenters. The largest absolute Gasteiger partial charge is 0.496 e. The minimum Gasteiger partial charge on any atom is -0.496 e. The Bertz CT molecular complexity index is 1160.